The molecule has 0 saturated carbocycles. The van der Waals surface area contributed by atoms with Crippen molar-refractivity contribution in [2.75, 3.05) is 13.1 Å². The summed E-state index contributed by atoms with van der Waals surface area (Å²) in [5.74, 6) is 0.823. The number of carbonyl (C=O) groups excluding carboxylic acids is 1. The van der Waals surface area contributed by atoms with Crippen LogP contribution in [0.5, 0.6) is 0 Å². The van der Waals surface area contributed by atoms with E-state index in [2.05, 4.69) is 83.2 Å². The maximum Gasteiger partial charge on any atom is 0.233 e. The van der Waals surface area contributed by atoms with Crippen molar-refractivity contribution in [2.45, 2.75) is 124 Å². The van der Waals surface area contributed by atoms with Crippen LogP contribution in [0.15, 0.2) is 72.6 Å². The highest BCUT2D eigenvalue weighted by Crippen LogP contribution is 2.39. The van der Waals surface area contributed by atoms with Crippen molar-refractivity contribution in [3.05, 3.63) is 94.9 Å². The van der Waals surface area contributed by atoms with E-state index in [1.165, 1.54) is 67.2 Å². The van der Waals surface area contributed by atoms with Gasteiger partial charge in [0.25, 0.3) is 0 Å². The molecule has 4 rings (SSSR count). The fourth-order valence-electron chi connectivity index (χ4n) is 6.84. The zero-order valence-electron chi connectivity index (χ0n) is 28.4. The van der Waals surface area contributed by atoms with Crippen molar-refractivity contribution >= 4 is 5.91 Å². The molecule has 3 atom stereocenters. The highest BCUT2D eigenvalue weighted by Gasteiger charge is 2.48. The molecule has 2 heterocycles. The number of nitrogens with one attached hydrogen (secondary N) is 1. The molecule has 3 aliphatic rings. The minimum Gasteiger partial charge on any atom is -0.387 e. The zero-order chi connectivity index (χ0) is 31.9. The number of hydrogen-bond donors (Lipinski definition) is 2. The lowest BCUT2D eigenvalue weighted by molar-refractivity contribution is -0.152. The summed E-state index contributed by atoms with van der Waals surface area (Å²) in [7, 11) is 0. The minimum absolute atomic E-state index is 0.0380. The SMILES string of the molecule is C=C.C=C(C)C.CCCCCc1cc(C)c(C2C=C(C)CCC2)c(CC/C=C/NCC2=C(C)N3C(=O)C(CN)C3CC2)c1. The van der Waals surface area contributed by atoms with Gasteiger partial charge in [-0.3, -0.25) is 4.79 Å². The molecule has 2 aliphatic heterocycles. The molecule has 1 aromatic rings. The van der Waals surface area contributed by atoms with Crippen LogP contribution in [-0.2, 0) is 17.6 Å². The van der Waals surface area contributed by atoms with Gasteiger partial charge in [-0.15, -0.1) is 19.7 Å². The molecule has 238 valence electrons. The maximum absolute atomic E-state index is 12.4. The molecule has 4 nitrogen and oxygen atoms in total. The van der Waals surface area contributed by atoms with Crippen LogP contribution in [-0.4, -0.2) is 29.9 Å². The summed E-state index contributed by atoms with van der Waals surface area (Å²) >= 11 is 0. The number of hydrogen-bond acceptors (Lipinski definition) is 3. The average molecular weight is 588 g/mol. The quantitative estimate of drug-likeness (QED) is 0.146. The second-order valence-corrected chi connectivity index (χ2v) is 12.8. The topological polar surface area (TPSA) is 58.4 Å². The van der Waals surface area contributed by atoms with Gasteiger partial charge in [-0.1, -0.05) is 55.2 Å². The predicted octanol–water partition coefficient (Wildman–Crippen LogP) is 9.22. The first-order valence-corrected chi connectivity index (χ1v) is 16.7. The molecule has 3 N–H and O–H groups in total. The van der Waals surface area contributed by atoms with E-state index in [1.807, 2.05) is 18.7 Å². The maximum atomic E-state index is 12.4. The average Bonchev–Trinajstić information content (AvgIpc) is 2.96. The van der Waals surface area contributed by atoms with Crippen LogP contribution >= 0.6 is 0 Å². The molecule has 0 radical (unpaired) electrons. The van der Waals surface area contributed by atoms with Gasteiger partial charge < -0.3 is 16.0 Å². The molecule has 1 saturated heterocycles. The number of nitrogens with zero attached hydrogens (tertiary/aromatic N) is 1. The molecule has 3 unspecified atom stereocenters. The van der Waals surface area contributed by atoms with Gasteiger partial charge in [0.1, 0.15) is 0 Å². The molecule has 1 fully saturated rings. The number of carbonyl (C=O) groups is 1. The van der Waals surface area contributed by atoms with E-state index in [-0.39, 0.29) is 11.8 Å². The van der Waals surface area contributed by atoms with Gasteiger partial charge in [-0.25, -0.2) is 0 Å². The molecule has 0 aromatic heterocycles. The van der Waals surface area contributed by atoms with Crippen LogP contribution in [0.3, 0.4) is 0 Å². The summed E-state index contributed by atoms with van der Waals surface area (Å²) in [6.07, 6.45) is 20.1. The van der Waals surface area contributed by atoms with E-state index in [4.69, 9.17) is 5.73 Å². The van der Waals surface area contributed by atoms with E-state index in [0.717, 1.165) is 37.9 Å². The van der Waals surface area contributed by atoms with E-state index in [9.17, 15) is 4.79 Å². The predicted molar refractivity (Wildman–Crippen MR) is 187 cm³/mol. The first-order valence-electron chi connectivity index (χ1n) is 16.7. The summed E-state index contributed by atoms with van der Waals surface area (Å²) in [4.78, 5) is 14.4. The molecule has 4 heteroatoms. The summed E-state index contributed by atoms with van der Waals surface area (Å²) in [5, 5.41) is 3.50. The smallest absolute Gasteiger partial charge is 0.233 e. The number of fused-ring (bicyclic) bond motifs is 1. The third-order valence-corrected chi connectivity index (χ3v) is 8.90. The third kappa shape index (κ3) is 10.4. The lowest BCUT2D eigenvalue weighted by atomic mass is 9.79. The van der Waals surface area contributed by atoms with Crippen LogP contribution < -0.4 is 11.1 Å². The van der Waals surface area contributed by atoms with E-state index in [1.54, 1.807) is 16.7 Å². The Labute approximate surface area is 264 Å². The number of aryl methyl sites for hydroxylation is 3. The Kier molecular flexibility index (Phi) is 15.8. The van der Waals surface area contributed by atoms with Gasteiger partial charge in [0, 0.05) is 30.7 Å². The van der Waals surface area contributed by atoms with Crippen LogP contribution in [0.25, 0.3) is 0 Å². The normalized spacial score (nSPS) is 21.2. The fraction of sp³-hybridized carbons (Fsp3) is 0.564. The van der Waals surface area contributed by atoms with Crippen molar-refractivity contribution in [1.29, 1.82) is 0 Å². The van der Waals surface area contributed by atoms with Gasteiger partial charge in [0.15, 0.2) is 0 Å². The van der Waals surface area contributed by atoms with Crippen LogP contribution in [0, 0.1) is 12.8 Å². The Morgan fingerprint density at radius 1 is 1.09 bits per heavy atom. The van der Waals surface area contributed by atoms with Gasteiger partial charge >= 0.3 is 0 Å². The third-order valence-electron chi connectivity index (χ3n) is 8.90. The first kappa shape index (κ1) is 36.3. The molecule has 1 amide bonds. The lowest BCUT2D eigenvalue weighted by Gasteiger charge is -2.50. The molecular formula is C39H61N3O. The largest absolute Gasteiger partial charge is 0.387 e. The van der Waals surface area contributed by atoms with Gasteiger partial charge in [-0.05, 0) is 126 Å². The number of β-lactam (4-membered cyclic amide) rings is 1. The number of benzene rings is 1. The van der Waals surface area contributed by atoms with Crippen molar-refractivity contribution in [3.8, 4) is 0 Å². The summed E-state index contributed by atoms with van der Waals surface area (Å²) in [6.45, 7) is 23.8. The Hall–Kier alpha value is -2.85. The van der Waals surface area contributed by atoms with Crippen molar-refractivity contribution < 1.29 is 4.79 Å². The van der Waals surface area contributed by atoms with Gasteiger partial charge in [0.2, 0.25) is 5.91 Å². The Morgan fingerprint density at radius 3 is 2.47 bits per heavy atom. The number of nitrogens with two attached hydrogens (primary N) is 1. The highest BCUT2D eigenvalue weighted by molar-refractivity contribution is 5.88. The highest BCUT2D eigenvalue weighted by atomic mass is 16.2. The molecule has 0 bridgehead atoms. The number of rotatable bonds is 12. The first-order chi connectivity index (χ1) is 20.7. The molecule has 43 heavy (non-hydrogen) atoms. The number of allylic oxidation sites excluding steroid dienone is 5. The molecular weight excluding hydrogens is 526 g/mol. The Balaban J connectivity index is 0.000000993. The van der Waals surface area contributed by atoms with E-state index < -0.39 is 0 Å². The van der Waals surface area contributed by atoms with Crippen molar-refractivity contribution in [1.82, 2.24) is 10.2 Å². The van der Waals surface area contributed by atoms with Crippen molar-refractivity contribution in [2.24, 2.45) is 11.7 Å². The fourth-order valence-corrected chi connectivity index (χ4v) is 6.84. The second kappa shape index (κ2) is 18.7. The summed E-state index contributed by atoms with van der Waals surface area (Å²) in [6, 6.07) is 5.31. The minimum atomic E-state index is 0.0380. The van der Waals surface area contributed by atoms with Crippen LogP contribution in [0.4, 0.5) is 0 Å². The Bertz CT molecular complexity index is 1150. The van der Waals surface area contributed by atoms with Crippen LogP contribution in [0.1, 0.15) is 121 Å². The van der Waals surface area contributed by atoms with Gasteiger partial charge in [0.05, 0.1) is 5.92 Å². The van der Waals surface area contributed by atoms with E-state index >= 15 is 0 Å². The Morgan fingerprint density at radius 2 is 1.81 bits per heavy atom. The molecule has 1 aromatic carbocycles. The summed E-state index contributed by atoms with van der Waals surface area (Å²) < 4.78 is 0. The summed E-state index contributed by atoms with van der Waals surface area (Å²) in [5.41, 5.74) is 17.1. The van der Waals surface area contributed by atoms with Crippen molar-refractivity contribution in [3.63, 3.8) is 0 Å². The lowest BCUT2D eigenvalue weighted by Crippen LogP contribution is -2.63. The molecule has 1 aliphatic carbocycles. The number of unbranched alkanes of at least 4 members (excludes halogenated alkanes) is 2. The monoisotopic (exact) mass is 587 g/mol. The molecule has 0 spiro atoms. The van der Waals surface area contributed by atoms with Gasteiger partial charge in [-0.2, -0.15) is 0 Å². The second-order valence-electron chi connectivity index (χ2n) is 12.8. The van der Waals surface area contributed by atoms with E-state index in [0.29, 0.717) is 18.5 Å². The number of amides is 1. The standard InChI is InChI=1S/C33H49N3O.C4H8.C2H4/c1-5-6-7-12-26-19-24(3)32(27-14-10-11-23(2)18-27)28(20-26)13-8-9-17-35-22-29-15-16-31-30(21-34)33(37)36(31)25(29)4;1-4(2)3;1-2/h9,17-20,27,30-31,35H,5-8,10-16,21-22,34H2,1-4H3;1H2,2-3H3;1-2H2/b17-9+;;. The van der Waals surface area contributed by atoms with Crippen LogP contribution in [0.2, 0.25) is 0 Å². The zero-order valence-corrected chi connectivity index (χ0v) is 28.4.